The van der Waals surface area contributed by atoms with Gasteiger partial charge in [-0.05, 0) is 18.1 Å². The van der Waals surface area contributed by atoms with Crippen LogP contribution in [-0.2, 0) is 4.79 Å². The Bertz CT molecular complexity index is 377. The Labute approximate surface area is 102 Å². The summed E-state index contributed by atoms with van der Waals surface area (Å²) in [6.45, 7) is 4.00. The molecule has 0 heterocycles. The standard InChI is InChI=1S/C13H20N2O2/c1-9(2)10(14)8-13(16)15-11-6-4-5-7-12(11)17-3/h4-7,9-10H,8,14H2,1-3H3,(H,15,16). The average Bonchev–Trinajstić information content (AvgIpc) is 2.29. The maximum absolute atomic E-state index is 11.7. The summed E-state index contributed by atoms with van der Waals surface area (Å²) >= 11 is 0. The lowest BCUT2D eigenvalue weighted by molar-refractivity contribution is -0.116. The van der Waals surface area contributed by atoms with E-state index in [4.69, 9.17) is 10.5 Å². The van der Waals surface area contributed by atoms with Crippen molar-refractivity contribution >= 4 is 11.6 Å². The van der Waals surface area contributed by atoms with Gasteiger partial charge in [0.15, 0.2) is 0 Å². The van der Waals surface area contributed by atoms with E-state index < -0.39 is 0 Å². The van der Waals surface area contributed by atoms with Gasteiger partial charge in [0.2, 0.25) is 5.91 Å². The molecular formula is C13H20N2O2. The molecule has 0 aliphatic carbocycles. The van der Waals surface area contributed by atoms with Crippen molar-refractivity contribution in [3.8, 4) is 5.75 Å². The van der Waals surface area contributed by atoms with Gasteiger partial charge in [-0.3, -0.25) is 4.79 Å². The second-order valence-corrected chi connectivity index (χ2v) is 4.36. The van der Waals surface area contributed by atoms with Gasteiger partial charge in [0.1, 0.15) is 5.75 Å². The Morgan fingerprint density at radius 2 is 2.06 bits per heavy atom. The molecule has 0 aliphatic rings. The van der Waals surface area contributed by atoms with Crippen molar-refractivity contribution in [1.82, 2.24) is 0 Å². The molecule has 0 saturated heterocycles. The average molecular weight is 236 g/mol. The van der Waals surface area contributed by atoms with Crippen LogP contribution in [0.3, 0.4) is 0 Å². The second kappa shape index (κ2) is 6.25. The SMILES string of the molecule is COc1ccccc1NC(=O)CC(N)C(C)C. The molecule has 94 valence electrons. The van der Waals surface area contributed by atoms with Crippen molar-refractivity contribution in [2.24, 2.45) is 11.7 Å². The molecule has 4 nitrogen and oxygen atoms in total. The van der Waals surface area contributed by atoms with E-state index in [-0.39, 0.29) is 11.9 Å². The number of ether oxygens (including phenoxy) is 1. The third-order valence-electron chi connectivity index (χ3n) is 2.66. The second-order valence-electron chi connectivity index (χ2n) is 4.36. The highest BCUT2D eigenvalue weighted by atomic mass is 16.5. The Morgan fingerprint density at radius 3 is 2.65 bits per heavy atom. The van der Waals surface area contributed by atoms with E-state index >= 15 is 0 Å². The number of para-hydroxylation sites is 2. The van der Waals surface area contributed by atoms with Gasteiger partial charge < -0.3 is 15.8 Å². The Morgan fingerprint density at radius 1 is 1.41 bits per heavy atom. The Balaban J connectivity index is 2.62. The molecule has 0 fully saturated rings. The molecule has 0 aliphatic heterocycles. The number of benzene rings is 1. The molecule has 4 heteroatoms. The first-order chi connectivity index (χ1) is 8.04. The number of carbonyl (C=O) groups excluding carboxylic acids is 1. The van der Waals surface area contributed by atoms with Crippen LogP contribution < -0.4 is 15.8 Å². The zero-order valence-corrected chi connectivity index (χ0v) is 10.6. The topological polar surface area (TPSA) is 64.3 Å². The predicted octanol–water partition coefficient (Wildman–Crippen LogP) is 2.01. The zero-order valence-electron chi connectivity index (χ0n) is 10.6. The van der Waals surface area contributed by atoms with Gasteiger partial charge in [-0.2, -0.15) is 0 Å². The monoisotopic (exact) mass is 236 g/mol. The molecule has 1 unspecified atom stereocenters. The van der Waals surface area contributed by atoms with Crippen molar-refractivity contribution in [3.63, 3.8) is 0 Å². The fourth-order valence-electron chi connectivity index (χ4n) is 1.40. The summed E-state index contributed by atoms with van der Waals surface area (Å²) in [5, 5.41) is 2.80. The first kappa shape index (κ1) is 13.5. The van der Waals surface area contributed by atoms with Crippen LogP contribution in [0.15, 0.2) is 24.3 Å². The highest BCUT2D eigenvalue weighted by Gasteiger charge is 2.14. The first-order valence-corrected chi connectivity index (χ1v) is 5.73. The van der Waals surface area contributed by atoms with E-state index in [0.717, 1.165) is 0 Å². The summed E-state index contributed by atoms with van der Waals surface area (Å²) in [7, 11) is 1.57. The maximum atomic E-state index is 11.7. The number of rotatable bonds is 5. The number of anilines is 1. The van der Waals surface area contributed by atoms with Crippen LogP contribution in [0.5, 0.6) is 5.75 Å². The summed E-state index contributed by atoms with van der Waals surface area (Å²) in [4.78, 5) is 11.7. The van der Waals surface area contributed by atoms with Gasteiger partial charge in [0.25, 0.3) is 0 Å². The lowest BCUT2D eigenvalue weighted by atomic mass is 10.0. The highest BCUT2D eigenvalue weighted by Crippen LogP contribution is 2.23. The smallest absolute Gasteiger partial charge is 0.226 e. The minimum Gasteiger partial charge on any atom is -0.495 e. The van der Waals surface area contributed by atoms with Crippen LogP contribution >= 0.6 is 0 Å². The van der Waals surface area contributed by atoms with Gasteiger partial charge in [0.05, 0.1) is 12.8 Å². The van der Waals surface area contributed by atoms with Crippen molar-refractivity contribution in [3.05, 3.63) is 24.3 Å². The fraction of sp³-hybridized carbons (Fsp3) is 0.462. The van der Waals surface area contributed by atoms with E-state index in [9.17, 15) is 4.79 Å². The molecule has 1 aromatic rings. The molecule has 1 amide bonds. The van der Waals surface area contributed by atoms with Crippen LogP contribution in [0.1, 0.15) is 20.3 Å². The molecule has 17 heavy (non-hydrogen) atoms. The molecule has 0 spiro atoms. The van der Waals surface area contributed by atoms with Gasteiger partial charge in [0, 0.05) is 12.5 Å². The van der Waals surface area contributed by atoms with Gasteiger partial charge >= 0.3 is 0 Å². The van der Waals surface area contributed by atoms with Gasteiger partial charge in [-0.1, -0.05) is 26.0 Å². The van der Waals surface area contributed by atoms with Crippen LogP contribution in [0.4, 0.5) is 5.69 Å². The number of carbonyl (C=O) groups is 1. The number of hydrogen-bond acceptors (Lipinski definition) is 3. The Kier molecular flexibility index (Phi) is 4.97. The zero-order chi connectivity index (χ0) is 12.8. The third kappa shape index (κ3) is 4.07. The van der Waals surface area contributed by atoms with Gasteiger partial charge in [-0.15, -0.1) is 0 Å². The van der Waals surface area contributed by atoms with Crippen LogP contribution in [-0.4, -0.2) is 19.1 Å². The van der Waals surface area contributed by atoms with Crippen LogP contribution in [0, 0.1) is 5.92 Å². The number of amides is 1. The summed E-state index contributed by atoms with van der Waals surface area (Å²) in [6, 6.07) is 7.19. The third-order valence-corrected chi connectivity index (χ3v) is 2.66. The summed E-state index contributed by atoms with van der Waals surface area (Å²) in [5.41, 5.74) is 6.53. The first-order valence-electron chi connectivity index (χ1n) is 5.73. The maximum Gasteiger partial charge on any atom is 0.226 e. The molecule has 0 saturated carbocycles. The normalized spacial score (nSPS) is 12.3. The quantitative estimate of drug-likeness (QED) is 0.822. The minimum absolute atomic E-state index is 0.0873. The van der Waals surface area contributed by atoms with E-state index in [1.165, 1.54) is 0 Å². The summed E-state index contributed by atoms with van der Waals surface area (Å²) in [6.07, 6.45) is 0.315. The molecule has 0 aromatic heterocycles. The van der Waals surface area contributed by atoms with Gasteiger partial charge in [-0.25, -0.2) is 0 Å². The van der Waals surface area contributed by atoms with E-state index in [1.54, 1.807) is 19.2 Å². The largest absolute Gasteiger partial charge is 0.495 e. The Hall–Kier alpha value is -1.55. The van der Waals surface area contributed by atoms with Crippen LogP contribution in [0.25, 0.3) is 0 Å². The lowest BCUT2D eigenvalue weighted by Gasteiger charge is -2.15. The van der Waals surface area contributed by atoms with Crippen molar-refractivity contribution in [2.75, 3.05) is 12.4 Å². The molecule has 1 aromatic carbocycles. The number of hydrogen-bond donors (Lipinski definition) is 2. The van der Waals surface area contributed by atoms with Crippen LogP contribution in [0.2, 0.25) is 0 Å². The molecule has 1 rings (SSSR count). The molecule has 1 atom stereocenters. The number of nitrogens with one attached hydrogen (secondary N) is 1. The van der Waals surface area contributed by atoms with Crippen molar-refractivity contribution in [1.29, 1.82) is 0 Å². The van der Waals surface area contributed by atoms with E-state index in [2.05, 4.69) is 5.32 Å². The molecular weight excluding hydrogens is 216 g/mol. The number of methoxy groups -OCH3 is 1. The summed E-state index contributed by atoms with van der Waals surface area (Å²) in [5.74, 6) is 0.855. The van der Waals surface area contributed by atoms with Crippen molar-refractivity contribution in [2.45, 2.75) is 26.3 Å². The fourth-order valence-corrected chi connectivity index (χ4v) is 1.40. The number of nitrogens with two attached hydrogens (primary N) is 1. The minimum atomic E-state index is -0.121. The summed E-state index contributed by atoms with van der Waals surface area (Å²) < 4.78 is 5.15. The van der Waals surface area contributed by atoms with Crippen molar-refractivity contribution < 1.29 is 9.53 Å². The molecule has 0 bridgehead atoms. The molecule has 3 N–H and O–H groups in total. The molecule has 0 radical (unpaired) electrons. The lowest BCUT2D eigenvalue weighted by Crippen LogP contribution is -2.31. The van der Waals surface area contributed by atoms with E-state index in [1.807, 2.05) is 26.0 Å². The van der Waals surface area contributed by atoms with E-state index in [0.29, 0.717) is 23.8 Å². The highest BCUT2D eigenvalue weighted by molar-refractivity contribution is 5.92. The predicted molar refractivity (Wildman–Crippen MR) is 69.1 cm³/mol.